The molecule has 3 nitrogen and oxygen atoms in total. The number of hydrogen-bond acceptors (Lipinski definition) is 2. The van der Waals surface area contributed by atoms with E-state index < -0.39 is 0 Å². The van der Waals surface area contributed by atoms with Crippen LogP contribution < -0.4 is 5.56 Å². The lowest BCUT2D eigenvalue weighted by atomic mass is 10.0. The number of nitrogens with zero attached hydrogens (tertiary/aromatic N) is 2. The first-order valence-electron chi connectivity index (χ1n) is 8.13. The predicted molar refractivity (Wildman–Crippen MR) is 95.6 cm³/mol. The summed E-state index contributed by atoms with van der Waals surface area (Å²) in [6, 6.07) is 7.07. The van der Waals surface area contributed by atoms with Crippen molar-refractivity contribution in [3.63, 3.8) is 0 Å². The van der Waals surface area contributed by atoms with Crippen molar-refractivity contribution in [3.8, 4) is 5.69 Å². The minimum atomic E-state index is -0.336. The van der Waals surface area contributed by atoms with Crippen LogP contribution in [0, 0.1) is 33.5 Å². The van der Waals surface area contributed by atoms with Crippen LogP contribution >= 0.6 is 0 Å². The molecule has 0 aliphatic rings. The van der Waals surface area contributed by atoms with Crippen LogP contribution in [0.1, 0.15) is 35.0 Å². The quantitative estimate of drug-likeness (QED) is 0.703. The van der Waals surface area contributed by atoms with Crippen LogP contribution in [0.3, 0.4) is 0 Å². The molecule has 0 saturated carbocycles. The van der Waals surface area contributed by atoms with Crippen molar-refractivity contribution in [2.24, 2.45) is 0 Å². The second-order valence-corrected chi connectivity index (χ2v) is 6.39. The van der Waals surface area contributed by atoms with E-state index in [0.717, 1.165) is 22.4 Å². The first-order chi connectivity index (χ1) is 11.3. The Hall–Kier alpha value is -2.49. The van der Waals surface area contributed by atoms with Gasteiger partial charge in [-0.2, -0.15) is 0 Å². The lowest BCUT2D eigenvalue weighted by Crippen LogP contribution is -2.25. The van der Waals surface area contributed by atoms with Gasteiger partial charge in [0.2, 0.25) is 0 Å². The van der Waals surface area contributed by atoms with E-state index in [0.29, 0.717) is 28.7 Å². The zero-order chi connectivity index (χ0) is 17.6. The van der Waals surface area contributed by atoms with Gasteiger partial charge in [-0.15, -0.1) is 0 Å². The Morgan fingerprint density at radius 1 is 1.00 bits per heavy atom. The molecule has 0 unspecified atom stereocenters. The van der Waals surface area contributed by atoms with Crippen molar-refractivity contribution < 1.29 is 4.39 Å². The fourth-order valence-corrected chi connectivity index (χ4v) is 3.35. The van der Waals surface area contributed by atoms with Gasteiger partial charge in [0.25, 0.3) is 5.56 Å². The van der Waals surface area contributed by atoms with Gasteiger partial charge in [-0.1, -0.05) is 24.6 Å². The highest BCUT2D eigenvalue weighted by atomic mass is 19.1. The van der Waals surface area contributed by atoms with Gasteiger partial charge in [-0.05, 0) is 50.5 Å². The van der Waals surface area contributed by atoms with E-state index in [1.807, 2.05) is 27.7 Å². The summed E-state index contributed by atoms with van der Waals surface area (Å²) in [4.78, 5) is 17.7. The Bertz CT molecular complexity index is 995. The molecule has 0 radical (unpaired) electrons. The van der Waals surface area contributed by atoms with E-state index in [-0.39, 0.29) is 11.4 Å². The summed E-state index contributed by atoms with van der Waals surface area (Å²) in [7, 11) is 0. The summed E-state index contributed by atoms with van der Waals surface area (Å²) < 4.78 is 15.5. The zero-order valence-electron chi connectivity index (χ0n) is 14.7. The molecular formula is C20H21FN2O. The molecule has 0 atom stereocenters. The Morgan fingerprint density at radius 3 is 2.21 bits per heavy atom. The number of rotatable bonds is 2. The monoisotopic (exact) mass is 324 g/mol. The molecule has 0 aliphatic heterocycles. The molecule has 2 aromatic carbocycles. The van der Waals surface area contributed by atoms with Crippen molar-refractivity contribution in [2.45, 2.75) is 41.0 Å². The highest BCUT2D eigenvalue weighted by Crippen LogP contribution is 2.23. The van der Waals surface area contributed by atoms with Crippen LogP contribution in [0.15, 0.2) is 29.1 Å². The van der Waals surface area contributed by atoms with Crippen LogP contribution in [0.4, 0.5) is 4.39 Å². The lowest BCUT2D eigenvalue weighted by Gasteiger charge is -2.18. The van der Waals surface area contributed by atoms with Gasteiger partial charge in [-0.25, -0.2) is 9.37 Å². The fourth-order valence-electron chi connectivity index (χ4n) is 3.35. The maximum absolute atomic E-state index is 13.9. The van der Waals surface area contributed by atoms with E-state index in [2.05, 4.69) is 17.1 Å². The van der Waals surface area contributed by atoms with Crippen LogP contribution in [0.5, 0.6) is 0 Å². The number of aromatic nitrogens is 2. The molecule has 0 amide bonds. The maximum Gasteiger partial charge on any atom is 0.265 e. The zero-order valence-corrected chi connectivity index (χ0v) is 14.7. The van der Waals surface area contributed by atoms with E-state index in [1.54, 1.807) is 17.6 Å². The molecule has 1 heterocycles. The van der Waals surface area contributed by atoms with E-state index in [4.69, 9.17) is 0 Å². The average molecular weight is 324 g/mol. The summed E-state index contributed by atoms with van der Waals surface area (Å²) in [5, 5.41) is 0.450. The summed E-state index contributed by atoms with van der Waals surface area (Å²) in [5.74, 6) is 0.308. The minimum Gasteiger partial charge on any atom is -0.268 e. The molecule has 3 aromatic rings. The third kappa shape index (κ3) is 2.52. The topological polar surface area (TPSA) is 34.9 Å². The summed E-state index contributed by atoms with van der Waals surface area (Å²) in [6.07, 6.45) is 0.591. The standard InChI is InChI=1S/C20H21FN2O/c1-6-18-22-17-10-16(21)12(3)9-15(17)20(24)23(18)19-13(4)7-11(2)8-14(19)5/h7-10H,6H2,1-5H3. The van der Waals surface area contributed by atoms with Crippen LogP contribution in [0.2, 0.25) is 0 Å². The van der Waals surface area contributed by atoms with Crippen LogP contribution in [-0.4, -0.2) is 9.55 Å². The van der Waals surface area contributed by atoms with Gasteiger partial charge in [0, 0.05) is 12.5 Å². The number of hydrogen-bond donors (Lipinski definition) is 0. The highest BCUT2D eigenvalue weighted by Gasteiger charge is 2.16. The first-order valence-corrected chi connectivity index (χ1v) is 8.13. The molecule has 24 heavy (non-hydrogen) atoms. The Kier molecular flexibility index (Phi) is 3.99. The normalized spacial score (nSPS) is 11.2. The SMILES string of the molecule is CCc1nc2cc(F)c(C)cc2c(=O)n1-c1c(C)cc(C)cc1C. The minimum absolute atomic E-state index is 0.144. The van der Waals surface area contributed by atoms with E-state index in [9.17, 15) is 9.18 Å². The molecule has 0 fully saturated rings. The van der Waals surface area contributed by atoms with Gasteiger partial charge >= 0.3 is 0 Å². The second-order valence-electron chi connectivity index (χ2n) is 6.39. The van der Waals surface area contributed by atoms with E-state index in [1.165, 1.54) is 6.07 Å². The average Bonchev–Trinajstić information content (AvgIpc) is 2.50. The van der Waals surface area contributed by atoms with Crippen LogP contribution in [0.25, 0.3) is 16.6 Å². The summed E-state index contributed by atoms with van der Waals surface area (Å²) >= 11 is 0. The van der Waals surface area contributed by atoms with Gasteiger partial charge in [0.15, 0.2) is 0 Å². The molecule has 0 aliphatic carbocycles. The molecule has 0 bridgehead atoms. The number of aryl methyl sites for hydroxylation is 5. The van der Waals surface area contributed by atoms with Crippen molar-refractivity contribution in [2.75, 3.05) is 0 Å². The third-order valence-electron chi connectivity index (χ3n) is 4.39. The van der Waals surface area contributed by atoms with Crippen molar-refractivity contribution >= 4 is 10.9 Å². The predicted octanol–water partition coefficient (Wildman–Crippen LogP) is 4.32. The third-order valence-corrected chi connectivity index (χ3v) is 4.39. The van der Waals surface area contributed by atoms with Crippen molar-refractivity contribution in [3.05, 3.63) is 68.5 Å². The van der Waals surface area contributed by atoms with Crippen molar-refractivity contribution in [1.82, 2.24) is 9.55 Å². The van der Waals surface area contributed by atoms with Gasteiger partial charge < -0.3 is 0 Å². The summed E-state index contributed by atoms with van der Waals surface area (Å²) in [5.41, 5.74) is 4.82. The maximum atomic E-state index is 13.9. The van der Waals surface area contributed by atoms with Gasteiger partial charge in [0.1, 0.15) is 11.6 Å². The highest BCUT2D eigenvalue weighted by molar-refractivity contribution is 5.79. The van der Waals surface area contributed by atoms with Crippen LogP contribution in [-0.2, 0) is 6.42 Å². The number of fused-ring (bicyclic) bond motifs is 1. The Morgan fingerprint density at radius 2 is 1.62 bits per heavy atom. The molecule has 124 valence electrons. The molecule has 0 saturated heterocycles. The number of benzene rings is 2. The molecule has 0 spiro atoms. The molecule has 4 heteroatoms. The largest absolute Gasteiger partial charge is 0.268 e. The first kappa shape index (κ1) is 16.4. The second kappa shape index (κ2) is 5.86. The number of halogens is 1. The fraction of sp³-hybridized carbons (Fsp3) is 0.300. The van der Waals surface area contributed by atoms with E-state index >= 15 is 0 Å². The smallest absolute Gasteiger partial charge is 0.265 e. The Balaban J connectivity index is 2.47. The molecular weight excluding hydrogens is 303 g/mol. The van der Waals surface area contributed by atoms with Crippen molar-refractivity contribution in [1.29, 1.82) is 0 Å². The molecule has 1 aromatic heterocycles. The molecule has 3 rings (SSSR count). The van der Waals surface area contributed by atoms with Gasteiger partial charge in [-0.3, -0.25) is 9.36 Å². The molecule has 0 N–H and O–H groups in total. The summed E-state index contributed by atoms with van der Waals surface area (Å²) in [6.45, 7) is 9.66. The van der Waals surface area contributed by atoms with Gasteiger partial charge in [0.05, 0.1) is 16.6 Å². The lowest BCUT2D eigenvalue weighted by molar-refractivity contribution is 0.620. The Labute approximate surface area is 140 Å².